The van der Waals surface area contributed by atoms with Crippen LogP contribution >= 0.6 is 0 Å². The normalized spacial score (nSPS) is 13.5. The Hall–Kier alpha value is -3.03. The molecule has 1 atom stereocenters. The number of ether oxygens (including phenoxy) is 1. The van der Waals surface area contributed by atoms with Crippen LogP contribution in [-0.4, -0.2) is 30.1 Å². The van der Waals surface area contributed by atoms with Crippen LogP contribution in [0.15, 0.2) is 54.6 Å². The van der Waals surface area contributed by atoms with Crippen LogP contribution in [0.25, 0.3) is 0 Å². The Labute approximate surface area is 153 Å². The second-order valence-corrected chi connectivity index (χ2v) is 6.09. The van der Waals surface area contributed by atoms with Crippen molar-refractivity contribution in [3.05, 3.63) is 65.7 Å². The summed E-state index contributed by atoms with van der Waals surface area (Å²) in [6.45, 7) is 0.874. The molecule has 0 aliphatic carbocycles. The van der Waals surface area contributed by atoms with Gasteiger partial charge in [0.25, 0.3) is 5.91 Å². The van der Waals surface area contributed by atoms with Crippen molar-refractivity contribution in [1.82, 2.24) is 5.32 Å². The number of carbonyl (C=O) groups is 2. The van der Waals surface area contributed by atoms with Gasteiger partial charge in [-0.05, 0) is 36.8 Å². The molecule has 144 valence electrons. The Morgan fingerprint density at radius 3 is 2.11 bits per heavy atom. The third kappa shape index (κ3) is 5.22. The predicted molar refractivity (Wildman–Crippen MR) is 91.4 cm³/mol. The number of hydrogen-bond acceptors (Lipinski definition) is 3. The lowest BCUT2D eigenvalue weighted by atomic mass is 9.82. The van der Waals surface area contributed by atoms with Crippen LogP contribution in [0.4, 0.5) is 13.2 Å². The molecule has 1 unspecified atom stereocenters. The minimum absolute atomic E-state index is 0.0993. The van der Waals surface area contributed by atoms with Crippen molar-refractivity contribution < 1.29 is 32.6 Å². The maximum absolute atomic E-state index is 12.5. The van der Waals surface area contributed by atoms with Crippen molar-refractivity contribution in [2.45, 2.75) is 18.5 Å². The first-order valence-electron chi connectivity index (χ1n) is 7.98. The Kier molecular flexibility index (Phi) is 6.09. The SMILES string of the molecule is CC(CNC(=O)COc1ccc(C(F)(F)F)cc1)(C(=O)O)c1ccccc1. The van der Waals surface area contributed by atoms with Gasteiger partial charge < -0.3 is 15.2 Å². The van der Waals surface area contributed by atoms with Crippen LogP contribution in [0, 0.1) is 0 Å². The molecule has 0 fully saturated rings. The van der Waals surface area contributed by atoms with Crippen LogP contribution in [0.1, 0.15) is 18.1 Å². The number of carbonyl (C=O) groups excluding carboxylic acids is 1. The van der Waals surface area contributed by atoms with Gasteiger partial charge in [0.05, 0.1) is 5.56 Å². The van der Waals surface area contributed by atoms with Gasteiger partial charge >= 0.3 is 12.1 Å². The first-order chi connectivity index (χ1) is 12.6. The van der Waals surface area contributed by atoms with Crippen LogP contribution < -0.4 is 10.1 Å². The Bertz CT molecular complexity index is 791. The highest BCUT2D eigenvalue weighted by molar-refractivity contribution is 5.83. The standard InChI is InChI=1S/C19H18F3NO4/c1-18(17(25)26,13-5-3-2-4-6-13)12-23-16(24)11-27-15-9-7-14(8-10-15)19(20,21)22/h2-10H,11-12H2,1H3,(H,23,24)(H,25,26). The Morgan fingerprint density at radius 2 is 1.59 bits per heavy atom. The van der Waals surface area contributed by atoms with Crippen molar-refractivity contribution in [2.75, 3.05) is 13.2 Å². The monoisotopic (exact) mass is 381 g/mol. The van der Waals surface area contributed by atoms with Gasteiger partial charge in [0.1, 0.15) is 11.2 Å². The molecule has 2 rings (SSSR count). The number of hydrogen-bond donors (Lipinski definition) is 2. The van der Waals surface area contributed by atoms with Crippen molar-refractivity contribution in [2.24, 2.45) is 0 Å². The summed E-state index contributed by atoms with van der Waals surface area (Å²) in [6, 6.07) is 12.4. The van der Waals surface area contributed by atoms with Gasteiger partial charge in [-0.3, -0.25) is 9.59 Å². The molecular weight excluding hydrogens is 363 g/mol. The lowest BCUT2D eigenvalue weighted by Crippen LogP contribution is -2.45. The lowest BCUT2D eigenvalue weighted by Gasteiger charge is -2.25. The molecule has 0 bridgehead atoms. The fourth-order valence-corrected chi connectivity index (χ4v) is 2.32. The maximum Gasteiger partial charge on any atom is 0.416 e. The number of rotatable bonds is 7. The summed E-state index contributed by atoms with van der Waals surface area (Å²) in [7, 11) is 0. The minimum Gasteiger partial charge on any atom is -0.484 e. The summed E-state index contributed by atoms with van der Waals surface area (Å²) < 4.78 is 42.6. The zero-order chi connectivity index (χ0) is 20.1. The molecule has 0 saturated carbocycles. The van der Waals surface area contributed by atoms with Gasteiger partial charge in [-0.15, -0.1) is 0 Å². The number of benzene rings is 2. The van der Waals surface area contributed by atoms with Crippen molar-refractivity contribution >= 4 is 11.9 Å². The first kappa shape index (κ1) is 20.3. The average Bonchev–Trinajstić information content (AvgIpc) is 2.64. The summed E-state index contributed by atoms with van der Waals surface area (Å²) in [5, 5.41) is 12.0. The van der Waals surface area contributed by atoms with E-state index in [9.17, 15) is 27.9 Å². The molecule has 5 nitrogen and oxygen atoms in total. The molecule has 2 N–H and O–H groups in total. The van der Waals surface area contributed by atoms with E-state index in [2.05, 4.69) is 5.32 Å². The van der Waals surface area contributed by atoms with Crippen LogP contribution in [-0.2, 0) is 21.2 Å². The maximum atomic E-state index is 12.5. The summed E-state index contributed by atoms with van der Waals surface area (Å²) in [5.74, 6) is -1.59. The number of aliphatic carboxylic acids is 1. The van der Waals surface area contributed by atoms with E-state index in [0.29, 0.717) is 5.56 Å². The largest absolute Gasteiger partial charge is 0.484 e. The first-order valence-corrected chi connectivity index (χ1v) is 7.98. The van der Waals surface area contributed by atoms with E-state index in [0.717, 1.165) is 24.3 Å². The molecule has 0 saturated heterocycles. The quantitative estimate of drug-likeness (QED) is 0.772. The highest BCUT2D eigenvalue weighted by Crippen LogP contribution is 2.30. The number of alkyl halides is 3. The number of nitrogens with one attached hydrogen (secondary N) is 1. The summed E-state index contributed by atoms with van der Waals surface area (Å²) in [5.41, 5.74) is -1.62. The molecule has 0 heterocycles. The van der Waals surface area contributed by atoms with E-state index < -0.39 is 35.6 Å². The predicted octanol–water partition coefficient (Wildman–Crippen LogP) is 3.24. The highest BCUT2D eigenvalue weighted by atomic mass is 19.4. The third-order valence-electron chi connectivity index (χ3n) is 4.07. The zero-order valence-corrected chi connectivity index (χ0v) is 14.4. The summed E-state index contributed by atoms with van der Waals surface area (Å²) in [4.78, 5) is 23.6. The van der Waals surface area contributed by atoms with Crippen molar-refractivity contribution in [1.29, 1.82) is 0 Å². The molecule has 1 amide bonds. The van der Waals surface area contributed by atoms with Crippen LogP contribution in [0.2, 0.25) is 0 Å². The topological polar surface area (TPSA) is 75.6 Å². The van der Waals surface area contributed by atoms with Gasteiger partial charge in [-0.2, -0.15) is 13.2 Å². The number of halogens is 3. The third-order valence-corrected chi connectivity index (χ3v) is 4.07. The molecule has 0 radical (unpaired) electrons. The van der Waals surface area contributed by atoms with Crippen molar-refractivity contribution in [3.8, 4) is 5.75 Å². The van der Waals surface area contributed by atoms with E-state index >= 15 is 0 Å². The molecule has 0 spiro atoms. The summed E-state index contributed by atoms with van der Waals surface area (Å²) in [6.07, 6.45) is -4.45. The Morgan fingerprint density at radius 1 is 1.00 bits per heavy atom. The molecule has 0 aliphatic heterocycles. The van der Waals surface area contributed by atoms with Gasteiger partial charge in [0.15, 0.2) is 6.61 Å². The van der Waals surface area contributed by atoms with Gasteiger partial charge in [0.2, 0.25) is 0 Å². The second-order valence-electron chi connectivity index (χ2n) is 6.09. The van der Waals surface area contributed by atoms with E-state index in [4.69, 9.17) is 4.74 Å². The number of amides is 1. The number of carboxylic acid groups (broad SMARTS) is 1. The Balaban J connectivity index is 1.92. The van der Waals surface area contributed by atoms with Crippen LogP contribution in [0.5, 0.6) is 5.75 Å². The fraction of sp³-hybridized carbons (Fsp3) is 0.263. The molecule has 8 heteroatoms. The van der Waals surface area contributed by atoms with E-state index in [1.807, 2.05) is 0 Å². The van der Waals surface area contributed by atoms with Gasteiger partial charge in [0, 0.05) is 6.54 Å². The molecule has 0 aliphatic rings. The van der Waals surface area contributed by atoms with E-state index in [-0.39, 0.29) is 12.3 Å². The highest BCUT2D eigenvalue weighted by Gasteiger charge is 2.35. The molecule has 2 aromatic carbocycles. The lowest BCUT2D eigenvalue weighted by molar-refractivity contribution is -0.143. The summed E-state index contributed by atoms with van der Waals surface area (Å²) >= 11 is 0. The molecule has 2 aromatic rings. The average molecular weight is 381 g/mol. The second kappa shape index (κ2) is 8.11. The molecule has 0 aromatic heterocycles. The zero-order valence-electron chi connectivity index (χ0n) is 14.4. The smallest absolute Gasteiger partial charge is 0.416 e. The van der Waals surface area contributed by atoms with E-state index in [1.165, 1.54) is 6.92 Å². The van der Waals surface area contributed by atoms with Crippen LogP contribution in [0.3, 0.4) is 0 Å². The van der Waals surface area contributed by atoms with E-state index in [1.54, 1.807) is 30.3 Å². The molecular formula is C19H18F3NO4. The van der Waals surface area contributed by atoms with Gasteiger partial charge in [-0.1, -0.05) is 30.3 Å². The fourth-order valence-electron chi connectivity index (χ4n) is 2.32. The molecule has 27 heavy (non-hydrogen) atoms. The van der Waals surface area contributed by atoms with Crippen molar-refractivity contribution in [3.63, 3.8) is 0 Å². The van der Waals surface area contributed by atoms with Gasteiger partial charge in [-0.25, -0.2) is 0 Å². The number of carboxylic acids is 1. The minimum atomic E-state index is -4.45.